The van der Waals surface area contributed by atoms with Gasteiger partial charge in [-0.25, -0.2) is 19.7 Å². The van der Waals surface area contributed by atoms with E-state index in [1.54, 1.807) is 51.1 Å². The maximum atomic E-state index is 12.9. The number of anilines is 3. The minimum Gasteiger partial charge on any atom is -0.455 e. The molecule has 10 nitrogen and oxygen atoms in total. The molecule has 0 saturated heterocycles. The predicted octanol–water partition coefficient (Wildman–Crippen LogP) is 7.46. The lowest BCUT2D eigenvalue weighted by molar-refractivity contribution is 0.0523. The van der Waals surface area contributed by atoms with Crippen LogP contribution in [-0.2, 0) is 11.3 Å². The lowest BCUT2D eigenvalue weighted by atomic mass is 10.1. The fraction of sp³-hybridized carbons (Fsp3) is 0.147. The van der Waals surface area contributed by atoms with Crippen LogP contribution in [0.25, 0.3) is 33.2 Å². The Kier molecular flexibility index (Phi) is 7.63. The van der Waals surface area contributed by atoms with Crippen LogP contribution in [0.4, 0.5) is 22.0 Å². The Morgan fingerprint density at radius 2 is 1.59 bits per heavy atom. The minimum atomic E-state index is -0.604. The summed E-state index contributed by atoms with van der Waals surface area (Å²) in [5.74, 6) is 0.242. The summed E-state index contributed by atoms with van der Waals surface area (Å²) in [4.78, 5) is 38.0. The summed E-state index contributed by atoms with van der Waals surface area (Å²) >= 11 is 0. The number of aromatic nitrogens is 3. The Bertz CT molecular complexity index is 1980. The SMILES string of the molecule is CC(C)(C)OC(=O)NCc1cccc(C(=O)Nc2ccc(Nc3cc(-c4cccc5c4oc4ccccc45)ncn3)cc2)n1. The third-order valence-corrected chi connectivity index (χ3v) is 6.61. The molecule has 0 radical (unpaired) electrons. The van der Waals surface area contributed by atoms with Crippen molar-refractivity contribution in [3.05, 3.63) is 109 Å². The number of rotatable bonds is 7. The second kappa shape index (κ2) is 11.8. The molecule has 0 atom stereocenters. The molecule has 0 aliphatic heterocycles. The fourth-order valence-electron chi connectivity index (χ4n) is 4.68. The number of carbonyl (C=O) groups excluding carboxylic acids is 2. The number of para-hydroxylation sites is 2. The largest absolute Gasteiger partial charge is 0.455 e. The summed E-state index contributed by atoms with van der Waals surface area (Å²) in [7, 11) is 0. The number of hydrogen-bond acceptors (Lipinski definition) is 8. The zero-order valence-corrected chi connectivity index (χ0v) is 24.4. The number of alkyl carbamates (subject to hydrolysis) is 1. The highest BCUT2D eigenvalue weighted by molar-refractivity contribution is 6.09. The van der Waals surface area contributed by atoms with Gasteiger partial charge in [0.25, 0.3) is 5.91 Å². The molecule has 2 amide bonds. The monoisotopic (exact) mass is 586 g/mol. The zero-order valence-electron chi connectivity index (χ0n) is 24.4. The number of benzene rings is 3. The Hall–Kier alpha value is -5.77. The first-order valence-electron chi connectivity index (χ1n) is 14.1. The van der Waals surface area contributed by atoms with Crippen molar-refractivity contribution in [3.63, 3.8) is 0 Å². The molecule has 3 N–H and O–H groups in total. The van der Waals surface area contributed by atoms with E-state index in [0.717, 1.165) is 38.9 Å². The number of carbonyl (C=O) groups is 2. The van der Waals surface area contributed by atoms with Gasteiger partial charge < -0.3 is 25.1 Å². The molecule has 3 heterocycles. The molecule has 0 saturated carbocycles. The molecule has 220 valence electrons. The van der Waals surface area contributed by atoms with E-state index in [0.29, 0.717) is 17.2 Å². The molecule has 44 heavy (non-hydrogen) atoms. The number of fused-ring (bicyclic) bond motifs is 3. The molecule has 10 heteroatoms. The van der Waals surface area contributed by atoms with Crippen LogP contribution >= 0.6 is 0 Å². The average Bonchev–Trinajstić information content (AvgIpc) is 3.39. The molecule has 0 unspecified atom stereocenters. The van der Waals surface area contributed by atoms with Crippen LogP contribution in [0.3, 0.4) is 0 Å². The van der Waals surface area contributed by atoms with Crippen LogP contribution in [0, 0.1) is 0 Å². The molecule has 6 rings (SSSR count). The number of nitrogens with zero attached hydrogens (tertiary/aromatic N) is 3. The van der Waals surface area contributed by atoms with E-state index in [4.69, 9.17) is 9.15 Å². The van der Waals surface area contributed by atoms with Crippen LogP contribution < -0.4 is 16.0 Å². The molecule has 6 aromatic rings. The molecule has 3 aromatic heterocycles. The van der Waals surface area contributed by atoms with Crippen molar-refractivity contribution in [2.75, 3.05) is 10.6 Å². The first kappa shape index (κ1) is 28.4. The molecular formula is C34H30N6O4. The van der Waals surface area contributed by atoms with Crippen LogP contribution in [0.1, 0.15) is 37.0 Å². The predicted molar refractivity (Wildman–Crippen MR) is 170 cm³/mol. The van der Waals surface area contributed by atoms with Gasteiger partial charge in [-0.3, -0.25) is 4.79 Å². The zero-order chi connectivity index (χ0) is 30.7. The van der Waals surface area contributed by atoms with Crippen molar-refractivity contribution in [2.24, 2.45) is 0 Å². The second-order valence-electron chi connectivity index (χ2n) is 11.1. The highest BCUT2D eigenvalue weighted by atomic mass is 16.6. The Morgan fingerprint density at radius 3 is 2.41 bits per heavy atom. The maximum Gasteiger partial charge on any atom is 0.407 e. The first-order chi connectivity index (χ1) is 21.2. The standard InChI is InChI=1S/C34H30N6O4/c1-34(2,3)44-33(42)35-19-23-8-6-12-27(38-23)32(41)40-22-16-14-21(15-17-22)39-30-18-28(36-20-37-30)26-11-7-10-25-24-9-4-5-13-29(24)43-31(25)26/h4-18,20H,19H2,1-3H3,(H,35,42)(H,40,41)(H,36,37,39). The Labute approximate surface area is 253 Å². The van der Waals surface area contributed by atoms with Gasteiger partial charge in [-0.1, -0.05) is 36.4 Å². The summed E-state index contributed by atoms with van der Waals surface area (Å²) < 4.78 is 11.4. The molecule has 0 fully saturated rings. The van der Waals surface area contributed by atoms with E-state index in [9.17, 15) is 9.59 Å². The molecular weight excluding hydrogens is 556 g/mol. The van der Waals surface area contributed by atoms with Crippen LogP contribution in [0.5, 0.6) is 0 Å². The van der Waals surface area contributed by atoms with Gasteiger partial charge in [-0.2, -0.15) is 0 Å². The van der Waals surface area contributed by atoms with Crippen LogP contribution in [-0.4, -0.2) is 32.6 Å². The maximum absolute atomic E-state index is 12.9. The summed E-state index contributed by atoms with van der Waals surface area (Å²) in [5, 5.41) is 10.9. The number of pyridine rings is 1. The second-order valence-corrected chi connectivity index (χ2v) is 11.1. The van der Waals surface area contributed by atoms with Crippen molar-refractivity contribution in [1.82, 2.24) is 20.3 Å². The van der Waals surface area contributed by atoms with Crippen molar-refractivity contribution in [2.45, 2.75) is 32.9 Å². The van der Waals surface area contributed by atoms with Crippen molar-refractivity contribution in [1.29, 1.82) is 0 Å². The molecule has 0 bridgehead atoms. The van der Waals surface area contributed by atoms with E-state index in [1.807, 2.05) is 60.7 Å². The van der Waals surface area contributed by atoms with Crippen LogP contribution in [0.15, 0.2) is 102 Å². The first-order valence-corrected chi connectivity index (χ1v) is 14.1. The summed E-state index contributed by atoms with van der Waals surface area (Å²) in [6.07, 6.45) is 0.961. The van der Waals surface area contributed by atoms with Gasteiger partial charge in [-0.05, 0) is 69.3 Å². The number of nitrogens with one attached hydrogen (secondary N) is 3. The lowest BCUT2D eigenvalue weighted by Gasteiger charge is -2.19. The summed E-state index contributed by atoms with van der Waals surface area (Å²) in [6.45, 7) is 5.50. The van der Waals surface area contributed by atoms with E-state index >= 15 is 0 Å². The van der Waals surface area contributed by atoms with Crippen LogP contribution in [0.2, 0.25) is 0 Å². The van der Waals surface area contributed by atoms with Gasteiger partial charge in [0.2, 0.25) is 0 Å². The Morgan fingerprint density at radius 1 is 0.841 bits per heavy atom. The minimum absolute atomic E-state index is 0.134. The van der Waals surface area contributed by atoms with Crippen molar-refractivity contribution in [3.8, 4) is 11.3 Å². The van der Waals surface area contributed by atoms with Crippen molar-refractivity contribution >= 4 is 51.1 Å². The van der Waals surface area contributed by atoms with E-state index in [1.165, 1.54) is 6.33 Å². The molecule has 0 spiro atoms. The van der Waals surface area contributed by atoms with Crippen molar-refractivity contribution < 1.29 is 18.7 Å². The fourth-order valence-corrected chi connectivity index (χ4v) is 4.68. The summed E-state index contributed by atoms with van der Waals surface area (Å²) in [6, 6.07) is 28.1. The highest BCUT2D eigenvalue weighted by Crippen LogP contribution is 2.35. The van der Waals surface area contributed by atoms with Gasteiger partial charge in [-0.15, -0.1) is 0 Å². The quantitative estimate of drug-likeness (QED) is 0.176. The number of amides is 2. The van der Waals surface area contributed by atoms with Gasteiger partial charge in [0.05, 0.1) is 17.9 Å². The summed E-state index contributed by atoms with van der Waals surface area (Å²) in [5.41, 5.74) is 4.74. The van der Waals surface area contributed by atoms with E-state index < -0.39 is 11.7 Å². The molecule has 0 aliphatic carbocycles. The van der Waals surface area contributed by atoms with Gasteiger partial charge in [0.1, 0.15) is 34.6 Å². The van der Waals surface area contributed by atoms with E-state index in [-0.39, 0.29) is 18.1 Å². The highest BCUT2D eigenvalue weighted by Gasteiger charge is 2.17. The molecule has 3 aromatic carbocycles. The number of furan rings is 1. The smallest absolute Gasteiger partial charge is 0.407 e. The third kappa shape index (κ3) is 6.49. The number of ether oxygens (including phenoxy) is 1. The van der Waals surface area contributed by atoms with Gasteiger partial charge >= 0.3 is 6.09 Å². The van der Waals surface area contributed by atoms with Gasteiger partial charge in [0, 0.05) is 33.8 Å². The Balaban J connectivity index is 1.11. The topological polar surface area (TPSA) is 131 Å². The average molecular weight is 587 g/mol. The third-order valence-electron chi connectivity index (χ3n) is 6.61. The van der Waals surface area contributed by atoms with E-state index in [2.05, 4.69) is 30.9 Å². The lowest BCUT2D eigenvalue weighted by Crippen LogP contribution is -2.32. The molecule has 0 aliphatic rings. The number of hydrogen-bond donors (Lipinski definition) is 3. The normalized spacial score (nSPS) is 11.3. The van der Waals surface area contributed by atoms with Gasteiger partial charge in [0.15, 0.2) is 0 Å².